The number of benzene rings is 2. The number of thioether (sulfide) groups is 1. The van der Waals surface area contributed by atoms with Crippen molar-refractivity contribution < 1.29 is 8.81 Å². The van der Waals surface area contributed by atoms with Crippen LogP contribution in [0.4, 0.5) is 10.1 Å². The van der Waals surface area contributed by atoms with E-state index >= 15 is 0 Å². The van der Waals surface area contributed by atoms with Crippen molar-refractivity contribution in [1.82, 2.24) is 4.98 Å². The summed E-state index contributed by atoms with van der Waals surface area (Å²) >= 11 is 1.64. The standard InChI is InChI=1S/C17H14FN3OS/c18-12-6-7-15-13(10-12)20-17(22-15)11-23-16-5-2-1-4-14(16)21-9-3-8-19-21/h1-2,4-8,10H,3,9,11H2. The van der Waals surface area contributed by atoms with Gasteiger partial charge < -0.3 is 4.42 Å². The lowest BCUT2D eigenvalue weighted by Crippen LogP contribution is -2.12. The van der Waals surface area contributed by atoms with E-state index in [0.717, 1.165) is 23.5 Å². The third-order valence-electron chi connectivity index (χ3n) is 3.58. The Morgan fingerprint density at radius 1 is 1.22 bits per heavy atom. The van der Waals surface area contributed by atoms with Crippen molar-refractivity contribution in [3.05, 3.63) is 54.2 Å². The van der Waals surface area contributed by atoms with Crippen LogP contribution in [0.5, 0.6) is 0 Å². The maximum absolute atomic E-state index is 13.2. The molecule has 116 valence electrons. The lowest BCUT2D eigenvalue weighted by Gasteiger charge is -2.17. The Morgan fingerprint density at radius 3 is 3.00 bits per heavy atom. The van der Waals surface area contributed by atoms with E-state index in [9.17, 15) is 4.39 Å². The van der Waals surface area contributed by atoms with Crippen LogP contribution in [0.15, 0.2) is 56.9 Å². The van der Waals surface area contributed by atoms with E-state index in [1.54, 1.807) is 17.8 Å². The number of aromatic nitrogens is 1. The third kappa shape index (κ3) is 2.94. The fourth-order valence-corrected chi connectivity index (χ4v) is 3.42. The largest absolute Gasteiger partial charge is 0.440 e. The van der Waals surface area contributed by atoms with E-state index in [4.69, 9.17) is 4.42 Å². The van der Waals surface area contributed by atoms with E-state index in [-0.39, 0.29) is 5.82 Å². The van der Waals surface area contributed by atoms with E-state index in [1.165, 1.54) is 12.1 Å². The Labute approximate surface area is 137 Å². The summed E-state index contributed by atoms with van der Waals surface area (Å²) in [5, 5.41) is 6.38. The molecule has 0 saturated heterocycles. The number of rotatable bonds is 4. The molecule has 0 amide bonds. The zero-order valence-electron chi connectivity index (χ0n) is 12.3. The molecule has 1 aromatic heterocycles. The first kappa shape index (κ1) is 14.3. The number of para-hydroxylation sites is 1. The van der Waals surface area contributed by atoms with Crippen molar-refractivity contribution in [2.45, 2.75) is 17.1 Å². The van der Waals surface area contributed by atoms with Gasteiger partial charge >= 0.3 is 0 Å². The first-order chi connectivity index (χ1) is 11.3. The SMILES string of the molecule is Fc1ccc2oc(CSc3ccccc3N3CCC=N3)nc2c1. The minimum Gasteiger partial charge on any atom is -0.440 e. The molecule has 6 heteroatoms. The Balaban J connectivity index is 1.55. The number of hydrazone groups is 1. The van der Waals surface area contributed by atoms with Gasteiger partial charge in [0.15, 0.2) is 5.58 Å². The Morgan fingerprint density at radius 2 is 2.13 bits per heavy atom. The van der Waals surface area contributed by atoms with Crippen LogP contribution in [0.2, 0.25) is 0 Å². The minimum absolute atomic E-state index is 0.303. The fourth-order valence-electron chi connectivity index (χ4n) is 2.52. The zero-order chi connectivity index (χ0) is 15.6. The Bertz CT molecular complexity index is 877. The van der Waals surface area contributed by atoms with Crippen LogP contribution in [0, 0.1) is 5.82 Å². The van der Waals surface area contributed by atoms with Crippen LogP contribution in [-0.4, -0.2) is 17.7 Å². The van der Waals surface area contributed by atoms with Gasteiger partial charge in [-0.05, 0) is 24.3 Å². The number of fused-ring (bicyclic) bond motifs is 1. The van der Waals surface area contributed by atoms with Gasteiger partial charge in [0, 0.05) is 30.1 Å². The maximum Gasteiger partial charge on any atom is 0.205 e. The Kier molecular flexibility index (Phi) is 3.75. The normalized spacial score (nSPS) is 14.0. The molecule has 2 heterocycles. The summed E-state index contributed by atoms with van der Waals surface area (Å²) in [5.41, 5.74) is 2.26. The molecule has 2 aromatic carbocycles. The second-order valence-corrected chi connectivity index (χ2v) is 6.20. The molecule has 0 radical (unpaired) electrons. The minimum atomic E-state index is -0.303. The van der Waals surface area contributed by atoms with Crippen LogP contribution >= 0.6 is 11.8 Å². The molecule has 4 nitrogen and oxygen atoms in total. The van der Waals surface area contributed by atoms with E-state index in [1.807, 2.05) is 23.4 Å². The van der Waals surface area contributed by atoms with Crippen molar-refractivity contribution in [2.24, 2.45) is 5.10 Å². The van der Waals surface area contributed by atoms with E-state index < -0.39 is 0 Å². The van der Waals surface area contributed by atoms with Crippen LogP contribution in [0.1, 0.15) is 12.3 Å². The number of hydrogen-bond donors (Lipinski definition) is 0. The van der Waals surface area contributed by atoms with E-state index in [0.29, 0.717) is 22.7 Å². The smallest absolute Gasteiger partial charge is 0.205 e. The number of halogens is 1. The molecular weight excluding hydrogens is 313 g/mol. The first-order valence-corrected chi connectivity index (χ1v) is 8.35. The van der Waals surface area contributed by atoms with Gasteiger partial charge in [-0.2, -0.15) is 5.10 Å². The topological polar surface area (TPSA) is 41.6 Å². The highest BCUT2D eigenvalue weighted by Gasteiger charge is 2.14. The molecular formula is C17H14FN3OS. The highest BCUT2D eigenvalue weighted by Crippen LogP contribution is 2.33. The third-order valence-corrected chi connectivity index (χ3v) is 4.63. The molecule has 0 bridgehead atoms. The number of hydrogen-bond acceptors (Lipinski definition) is 5. The van der Waals surface area contributed by atoms with Crippen LogP contribution in [-0.2, 0) is 5.75 Å². The molecule has 0 spiro atoms. The van der Waals surface area contributed by atoms with Crippen molar-refractivity contribution in [2.75, 3.05) is 11.6 Å². The molecule has 1 aliphatic heterocycles. The Hall–Kier alpha value is -2.34. The van der Waals surface area contributed by atoms with Gasteiger partial charge in [-0.15, -0.1) is 11.8 Å². The van der Waals surface area contributed by atoms with Crippen LogP contribution in [0.3, 0.4) is 0 Å². The highest BCUT2D eigenvalue weighted by atomic mass is 32.2. The first-order valence-electron chi connectivity index (χ1n) is 7.36. The fraction of sp³-hybridized carbons (Fsp3) is 0.176. The lowest BCUT2D eigenvalue weighted by molar-refractivity contribution is 0.555. The zero-order valence-corrected chi connectivity index (χ0v) is 13.1. The molecule has 0 fully saturated rings. The summed E-state index contributed by atoms with van der Waals surface area (Å²) in [6, 6.07) is 12.5. The second kappa shape index (κ2) is 6.04. The predicted molar refractivity (Wildman–Crippen MR) is 90.4 cm³/mol. The highest BCUT2D eigenvalue weighted by molar-refractivity contribution is 7.98. The summed E-state index contributed by atoms with van der Waals surface area (Å²) in [6.07, 6.45) is 2.90. The number of nitrogens with zero attached hydrogens (tertiary/aromatic N) is 3. The van der Waals surface area contributed by atoms with Crippen LogP contribution < -0.4 is 5.01 Å². The maximum atomic E-state index is 13.2. The second-order valence-electron chi connectivity index (χ2n) is 5.19. The van der Waals surface area contributed by atoms with Gasteiger partial charge in [0.05, 0.1) is 11.4 Å². The monoisotopic (exact) mass is 327 g/mol. The molecule has 0 atom stereocenters. The summed E-state index contributed by atoms with van der Waals surface area (Å²) in [4.78, 5) is 5.47. The van der Waals surface area contributed by atoms with Crippen molar-refractivity contribution >= 4 is 34.8 Å². The molecule has 4 rings (SSSR count). The molecule has 0 N–H and O–H groups in total. The van der Waals surface area contributed by atoms with Crippen molar-refractivity contribution in [1.29, 1.82) is 0 Å². The van der Waals surface area contributed by atoms with Crippen molar-refractivity contribution in [3.63, 3.8) is 0 Å². The van der Waals surface area contributed by atoms with Gasteiger partial charge in [0.1, 0.15) is 11.3 Å². The summed E-state index contributed by atoms with van der Waals surface area (Å²) in [5.74, 6) is 0.878. The molecule has 23 heavy (non-hydrogen) atoms. The van der Waals surface area contributed by atoms with Gasteiger partial charge in [-0.3, -0.25) is 5.01 Å². The molecule has 3 aromatic rings. The van der Waals surface area contributed by atoms with Gasteiger partial charge in [-0.25, -0.2) is 9.37 Å². The average Bonchev–Trinajstić information content (AvgIpc) is 3.22. The molecule has 0 saturated carbocycles. The van der Waals surface area contributed by atoms with Crippen molar-refractivity contribution in [3.8, 4) is 0 Å². The van der Waals surface area contributed by atoms with Gasteiger partial charge in [0.25, 0.3) is 0 Å². The summed E-state index contributed by atoms with van der Waals surface area (Å²) in [6.45, 7) is 0.903. The van der Waals surface area contributed by atoms with Gasteiger partial charge in [0.2, 0.25) is 5.89 Å². The van der Waals surface area contributed by atoms with Crippen LogP contribution in [0.25, 0.3) is 11.1 Å². The average molecular weight is 327 g/mol. The van der Waals surface area contributed by atoms with E-state index in [2.05, 4.69) is 22.2 Å². The lowest BCUT2D eigenvalue weighted by atomic mass is 10.3. The predicted octanol–water partition coefficient (Wildman–Crippen LogP) is 4.46. The molecule has 1 aliphatic rings. The summed E-state index contributed by atoms with van der Waals surface area (Å²) in [7, 11) is 0. The van der Waals surface area contributed by atoms with Gasteiger partial charge in [-0.1, -0.05) is 12.1 Å². The quantitative estimate of drug-likeness (QED) is 0.664. The summed E-state index contributed by atoms with van der Waals surface area (Å²) < 4.78 is 18.9. The number of oxazole rings is 1. The molecule has 0 aliphatic carbocycles. The number of anilines is 1. The molecule has 0 unspecified atom stereocenters.